The van der Waals surface area contributed by atoms with E-state index in [1.807, 2.05) is 0 Å². The van der Waals surface area contributed by atoms with Gasteiger partial charge in [0.1, 0.15) is 17.1 Å². The second-order valence-corrected chi connectivity index (χ2v) is 13.4. The van der Waals surface area contributed by atoms with Gasteiger partial charge in [-0.25, -0.2) is 22.0 Å². The first kappa shape index (κ1) is 32.0. The van der Waals surface area contributed by atoms with Crippen LogP contribution in [0.1, 0.15) is 43.2 Å². The molecule has 44 heavy (non-hydrogen) atoms. The molecule has 16 heteroatoms. The fraction of sp³-hybridized carbons (Fsp3) is 0.500. The van der Waals surface area contributed by atoms with Crippen molar-refractivity contribution in [2.75, 3.05) is 13.2 Å². The molecule has 2 heterocycles. The molecular weight excluding hydrogens is 630 g/mol. The predicted octanol–water partition coefficient (Wildman–Crippen LogP) is 5.62. The molecule has 240 valence electrons. The summed E-state index contributed by atoms with van der Waals surface area (Å²) in [4.78, 5) is 25.9. The number of amides is 1. The summed E-state index contributed by atoms with van der Waals surface area (Å²) in [5.74, 6) is -3.87. The van der Waals surface area contributed by atoms with Crippen molar-refractivity contribution in [2.24, 2.45) is 5.92 Å². The number of nitrogens with zero attached hydrogens (tertiary/aromatic N) is 1. The maximum Gasteiger partial charge on any atom is 0.435 e. The van der Waals surface area contributed by atoms with Gasteiger partial charge in [-0.3, -0.25) is 4.79 Å². The van der Waals surface area contributed by atoms with Crippen LogP contribution in [0.25, 0.3) is 0 Å². The molecule has 0 radical (unpaired) electrons. The van der Waals surface area contributed by atoms with Crippen LogP contribution in [0.3, 0.4) is 0 Å². The molecule has 0 aromatic heterocycles. The molecule has 1 aliphatic carbocycles. The molecule has 1 saturated heterocycles. The Labute approximate surface area is 245 Å². The monoisotopic (exact) mass is 655 g/mol. The number of sulfone groups is 1. The standard InChI is InChI=1S/C28H25F8NO6S/c29-24(23(39)40)10-8-16(9-11-24)22(38)37-13-12-25(44(41,42)18-4-2-1-3-5-18)19-7-6-17(14-20(19)43-15-21(25)37)26(30,27(31,32)33)28(34,35)36/h1-7,14,16,21H,8-13,15H2,(H,39,40)/t16-,21?,24+,25?. The highest BCUT2D eigenvalue weighted by molar-refractivity contribution is 7.92. The topological polar surface area (TPSA) is 101 Å². The Hall–Kier alpha value is -3.43. The second-order valence-electron chi connectivity index (χ2n) is 11.2. The summed E-state index contributed by atoms with van der Waals surface area (Å²) in [5, 5.41) is 9.17. The van der Waals surface area contributed by atoms with E-state index in [0.717, 1.165) is 0 Å². The maximum atomic E-state index is 14.9. The predicted molar refractivity (Wildman–Crippen MR) is 136 cm³/mol. The van der Waals surface area contributed by atoms with Crippen LogP contribution in [0.4, 0.5) is 35.1 Å². The summed E-state index contributed by atoms with van der Waals surface area (Å²) in [6.45, 7) is -0.908. The first-order valence-corrected chi connectivity index (χ1v) is 14.9. The van der Waals surface area contributed by atoms with Crippen LogP contribution in [0.2, 0.25) is 0 Å². The fourth-order valence-electron chi connectivity index (χ4n) is 6.56. The Balaban J connectivity index is 1.61. The molecule has 2 fully saturated rings. The number of carbonyl (C=O) groups excluding carboxylic acids is 1. The number of halogens is 8. The molecule has 7 nitrogen and oxygen atoms in total. The summed E-state index contributed by atoms with van der Waals surface area (Å²) >= 11 is 0. The van der Waals surface area contributed by atoms with Crippen LogP contribution < -0.4 is 4.74 Å². The van der Waals surface area contributed by atoms with E-state index in [2.05, 4.69) is 0 Å². The molecule has 1 N–H and O–H groups in total. The van der Waals surface area contributed by atoms with Crippen LogP contribution in [0, 0.1) is 5.92 Å². The number of carboxylic acids is 1. The number of carbonyl (C=O) groups is 2. The molecule has 3 aliphatic rings. The van der Waals surface area contributed by atoms with Gasteiger partial charge in [-0.15, -0.1) is 0 Å². The molecule has 2 atom stereocenters. The average Bonchev–Trinajstić information content (AvgIpc) is 3.37. The van der Waals surface area contributed by atoms with Gasteiger partial charge in [-0.2, -0.15) is 26.3 Å². The van der Waals surface area contributed by atoms with Crippen molar-refractivity contribution in [3.63, 3.8) is 0 Å². The Kier molecular flexibility index (Phi) is 7.49. The van der Waals surface area contributed by atoms with E-state index in [-0.39, 0.29) is 48.4 Å². The minimum atomic E-state index is -6.42. The van der Waals surface area contributed by atoms with E-state index in [1.165, 1.54) is 35.2 Å². The largest absolute Gasteiger partial charge is 0.491 e. The number of carboxylic acid groups (broad SMARTS) is 1. The smallest absolute Gasteiger partial charge is 0.435 e. The van der Waals surface area contributed by atoms with Crippen molar-refractivity contribution in [1.82, 2.24) is 4.90 Å². The molecule has 0 spiro atoms. The fourth-order valence-corrected chi connectivity index (χ4v) is 8.87. The number of alkyl halides is 8. The summed E-state index contributed by atoms with van der Waals surface area (Å²) in [6, 6.07) is 6.53. The third kappa shape index (κ3) is 4.53. The van der Waals surface area contributed by atoms with Gasteiger partial charge in [0.05, 0.1) is 10.9 Å². The van der Waals surface area contributed by atoms with E-state index >= 15 is 0 Å². The van der Waals surface area contributed by atoms with Crippen LogP contribution in [0.5, 0.6) is 5.75 Å². The second kappa shape index (κ2) is 10.3. The number of fused-ring (bicyclic) bond motifs is 3. The molecule has 1 saturated carbocycles. The number of hydrogen-bond acceptors (Lipinski definition) is 5. The number of benzene rings is 2. The van der Waals surface area contributed by atoms with E-state index in [9.17, 15) is 53.1 Å². The van der Waals surface area contributed by atoms with Crippen molar-refractivity contribution in [1.29, 1.82) is 0 Å². The van der Waals surface area contributed by atoms with E-state index in [4.69, 9.17) is 9.84 Å². The number of ether oxygens (including phenoxy) is 1. The molecule has 2 unspecified atom stereocenters. The van der Waals surface area contributed by atoms with E-state index < -0.39 is 92.9 Å². The lowest BCUT2D eigenvalue weighted by Crippen LogP contribution is -2.56. The van der Waals surface area contributed by atoms with Crippen LogP contribution in [-0.4, -0.2) is 67.5 Å². The average molecular weight is 656 g/mol. The Morgan fingerprint density at radius 3 is 2.05 bits per heavy atom. The zero-order chi connectivity index (χ0) is 32.5. The van der Waals surface area contributed by atoms with Gasteiger partial charge in [0, 0.05) is 23.6 Å². The quantitative estimate of drug-likeness (QED) is 0.420. The lowest BCUT2D eigenvalue weighted by atomic mass is 9.79. The minimum Gasteiger partial charge on any atom is -0.491 e. The molecule has 0 bridgehead atoms. The van der Waals surface area contributed by atoms with Gasteiger partial charge in [-0.05, 0) is 50.3 Å². The van der Waals surface area contributed by atoms with Crippen molar-refractivity contribution in [2.45, 2.75) is 71.5 Å². The van der Waals surface area contributed by atoms with Gasteiger partial charge in [0.15, 0.2) is 9.84 Å². The molecule has 5 rings (SSSR count). The van der Waals surface area contributed by atoms with Crippen molar-refractivity contribution >= 4 is 21.7 Å². The van der Waals surface area contributed by atoms with E-state index in [0.29, 0.717) is 6.07 Å². The molecular formula is C28H25F8NO6S. The zero-order valence-corrected chi connectivity index (χ0v) is 23.4. The number of aliphatic carboxylic acids is 1. The van der Waals surface area contributed by atoms with Crippen LogP contribution in [-0.2, 0) is 29.8 Å². The Morgan fingerprint density at radius 1 is 0.909 bits per heavy atom. The third-order valence-corrected chi connectivity index (χ3v) is 11.5. The molecule has 2 aromatic carbocycles. The van der Waals surface area contributed by atoms with Crippen molar-refractivity contribution in [3.05, 3.63) is 59.7 Å². The number of rotatable bonds is 5. The van der Waals surface area contributed by atoms with Crippen molar-refractivity contribution in [3.8, 4) is 5.75 Å². The summed E-state index contributed by atoms with van der Waals surface area (Å²) in [6.07, 6.45) is -14.4. The lowest BCUT2D eigenvalue weighted by Gasteiger charge is -2.43. The first-order chi connectivity index (χ1) is 20.3. The zero-order valence-electron chi connectivity index (χ0n) is 22.6. The highest BCUT2D eigenvalue weighted by Crippen LogP contribution is 2.57. The SMILES string of the molecule is O=C([C@H]1CC[C@](F)(C(=O)O)CC1)N1CCC2(S(=O)(=O)c3ccccc3)c3ccc(C(F)(C(F)(F)F)C(F)(F)F)cc3OCC12. The molecule has 2 aliphatic heterocycles. The molecule has 1 amide bonds. The van der Waals surface area contributed by atoms with Gasteiger partial charge >= 0.3 is 24.0 Å². The van der Waals surface area contributed by atoms with E-state index in [1.54, 1.807) is 0 Å². The summed E-state index contributed by atoms with van der Waals surface area (Å²) in [7, 11) is -4.56. The Morgan fingerprint density at radius 2 is 1.50 bits per heavy atom. The Bertz CT molecular complexity index is 1560. The van der Waals surface area contributed by atoms with Gasteiger partial charge in [0.25, 0.3) is 0 Å². The summed E-state index contributed by atoms with van der Waals surface area (Å²) in [5.41, 5.74) is -10.5. The molecule has 2 aromatic rings. The normalized spacial score (nSPS) is 27.7. The lowest BCUT2D eigenvalue weighted by molar-refractivity contribution is -0.348. The van der Waals surface area contributed by atoms with Gasteiger partial charge < -0.3 is 14.7 Å². The number of likely N-dealkylation sites (tertiary alicyclic amines) is 1. The van der Waals surface area contributed by atoms with Gasteiger partial charge in [0.2, 0.25) is 11.6 Å². The highest BCUT2D eigenvalue weighted by atomic mass is 32.2. The minimum absolute atomic E-state index is 0.155. The highest BCUT2D eigenvalue weighted by Gasteiger charge is 2.74. The summed E-state index contributed by atoms with van der Waals surface area (Å²) < 4.78 is 143. The van der Waals surface area contributed by atoms with Crippen LogP contribution in [0.15, 0.2) is 53.4 Å². The van der Waals surface area contributed by atoms with Crippen molar-refractivity contribution < 1.29 is 63.0 Å². The number of hydrogen-bond donors (Lipinski definition) is 1. The van der Waals surface area contributed by atoms with Crippen LogP contribution >= 0.6 is 0 Å². The van der Waals surface area contributed by atoms with Gasteiger partial charge in [-0.1, -0.05) is 30.3 Å². The first-order valence-electron chi connectivity index (χ1n) is 13.4. The third-order valence-electron chi connectivity index (χ3n) is 8.98. The maximum absolute atomic E-state index is 14.9.